The molecule has 0 saturated carbocycles. The van der Waals surface area contributed by atoms with Crippen LogP contribution in [0.1, 0.15) is 13.8 Å². The topological polar surface area (TPSA) is 57.9 Å². The van der Waals surface area contributed by atoms with Gasteiger partial charge in [-0.25, -0.2) is 0 Å². The Morgan fingerprint density at radius 2 is 2.14 bits per heavy atom. The SMILES string of the molecule is CC(C)NC=O.Cn1ccccc1=N. The highest BCUT2D eigenvalue weighted by Crippen LogP contribution is 1.73. The molecule has 0 saturated heterocycles. The minimum atomic E-state index is 0.280. The summed E-state index contributed by atoms with van der Waals surface area (Å²) in [7, 11) is 1.85. The first-order chi connectivity index (χ1) is 6.57. The highest BCUT2D eigenvalue weighted by molar-refractivity contribution is 5.46. The van der Waals surface area contributed by atoms with Gasteiger partial charge in [0.25, 0.3) is 0 Å². The molecule has 1 heterocycles. The van der Waals surface area contributed by atoms with Gasteiger partial charge in [0.05, 0.1) is 0 Å². The average molecular weight is 195 g/mol. The molecule has 4 heteroatoms. The Bertz CT molecular complexity index is 317. The van der Waals surface area contributed by atoms with E-state index in [1.165, 1.54) is 0 Å². The number of aryl methyl sites for hydroxylation is 1. The summed E-state index contributed by atoms with van der Waals surface area (Å²) in [5, 5.41) is 9.71. The van der Waals surface area contributed by atoms with Crippen molar-refractivity contribution in [2.75, 3.05) is 0 Å². The van der Waals surface area contributed by atoms with E-state index in [0.29, 0.717) is 11.9 Å². The van der Waals surface area contributed by atoms with Gasteiger partial charge in [-0.1, -0.05) is 6.07 Å². The molecule has 0 unspecified atom stereocenters. The van der Waals surface area contributed by atoms with Crippen LogP contribution in [0.2, 0.25) is 0 Å². The number of nitrogens with zero attached hydrogens (tertiary/aromatic N) is 1. The maximum absolute atomic E-state index is 9.50. The van der Waals surface area contributed by atoms with Crippen molar-refractivity contribution >= 4 is 6.41 Å². The van der Waals surface area contributed by atoms with Crippen LogP contribution in [0.15, 0.2) is 24.4 Å². The Labute approximate surface area is 84.1 Å². The standard InChI is InChI=1S/C6H8N2.C4H9NO/c1-8-5-3-2-4-6(8)7;1-4(2)5-3-6/h2-5,7H,1H3;3-4H,1-2H3,(H,5,6). The highest BCUT2D eigenvalue weighted by atomic mass is 16.1. The van der Waals surface area contributed by atoms with Crippen LogP contribution in [0, 0.1) is 5.41 Å². The summed E-state index contributed by atoms with van der Waals surface area (Å²) in [6.45, 7) is 3.82. The highest BCUT2D eigenvalue weighted by Gasteiger charge is 1.81. The summed E-state index contributed by atoms with van der Waals surface area (Å²) in [5.74, 6) is 0. The van der Waals surface area contributed by atoms with Crippen LogP contribution in [0.3, 0.4) is 0 Å². The minimum absolute atomic E-state index is 0.280. The average Bonchev–Trinajstić information content (AvgIpc) is 2.11. The molecule has 0 fully saturated rings. The van der Waals surface area contributed by atoms with Crippen LogP contribution >= 0.6 is 0 Å². The van der Waals surface area contributed by atoms with Crippen molar-refractivity contribution in [3.05, 3.63) is 29.9 Å². The summed E-state index contributed by atoms with van der Waals surface area (Å²) in [5.41, 5.74) is 0.535. The maximum Gasteiger partial charge on any atom is 0.207 e. The molecule has 0 atom stereocenters. The first-order valence-electron chi connectivity index (χ1n) is 4.44. The number of pyridine rings is 1. The van der Waals surface area contributed by atoms with Crippen LogP contribution in [0.25, 0.3) is 0 Å². The van der Waals surface area contributed by atoms with E-state index in [0.717, 1.165) is 0 Å². The fourth-order valence-electron chi connectivity index (χ4n) is 0.659. The molecule has 0 radical (unpaired) electrons. The molecule has 1 aromatic heterocycles. The van der Waals surface area contributed by atoms with Crippen LogP contribution in [0.4, 0.5) is 0 Å². The predicted molar refractivity (Wildman–Crippen MR) is 55.6 cm³/mol. The number of carbonyl (C=O) groups is 1. The van der Waals surface area contributed by atoms with Crippen molar-refractivity contribution in [1.29, 1.82) is 5.41 Å². The predicted octanol–water partition coefficient (Wildman–Crippen LogP) is 0.645. The lowest BCUT2D eigenvalue weighted by atomic mass is 10.4. The van der Waals surface area contributed by atoms with Crippen molar-refractivity contribution in [2.24, 2.45) is 7.05 Å². The fraction of sp³-hybridized carbons (Fsp3) is 0.400. The van der Waals surface area contributed by atoms with E-state index in [1.54, 1.807) is 10.6 Å². The van der Waals surface area contributed by atoms with Crippen molar-refractivity contribution in [1.82, 2.24) is 9.88 Å². The zero-order chi connectivity index (χ0) is 11.0. The Balaban J connectivity index is 0.000000255. The number of amides is 1. The monoisotopic (exact) mass is 195 g/mol. The number of hydrogen-bond donors (Lipinski definition) is 2. The van der Waals surface area contributed by atoms with Gasteiger partial charge in [-0.05, 0) is 26.0 Å². The lowest BCUT2D eigenvalue weighted by Crippen LogP contribution is -2.19. The van der Waals surface area contributed by atoms with Gasteiger partial charge in [0.2, 0.25) is 6.41 Å². The second kappa shape index (κ2) is 6.88. The maximum atomic E-state index is 9.50. The number of hydrogen-bond acceptors (Lipinski definition) is 2. The van der Waals surface area contributed by atoms with Crippen LogP contribution < -0.4 is 10.8 Å². The summed E-state index contributed by atoms with van der Waals surface area (Å²) in [6.07, 6.45) is 2.55. The summed E-state index contributed by atoms with van der Waals surface area (Å²) < 4.78 is 1.75. The zero-order valence-corrected chi connectivity index (χ0v) is 8.82. The van der Waals surface area contributed by atoms with E-state index in [4.69, 9.17) is 5.41 Å². The molecule has 0 aliphatic rings. The molecule has 2 N–H and O–H groups in total. The van der Waals surface area contributed by atoms with Crippen molar-refractivity contribution in [2.45, 2.75) is 19.9 Å². The first-order valence-corrected chi connectivity index (χ1v) is 4.44. The summed E-state index contributed by atoms with van der Waals surface area (Å²) in [6, 6.07) is 5.78. The van der Waals surface area contributed by atoms with Crippen LogP contribution in [-0.2, 0) is 11.8 Å². The summed E-state index contributed by atoms with van der Waals surface area (Å²) >= 11 is 0. The normalized spacial score (nSPS) is 8.86. The number of aromatic nitrogens is 1. The number of carbonyl (C=O) groups excluding carboxylic acids is 1. The van der Waals surface area contributed by atoms with E-state index in [9.17, 15) is 4.79 Å². The molecule has 0 aliphatic carbocycles. The lowest BCUT2D eigenvalue weighted by Gasteiger charge is -1.96. The van der Waals surface area contributed by atoms with Crippen LogP contribution in [-0.4, -0.2) is 17.0 Å². The number of nitrogens with one attached hydrogen (secondary N) is 2. The molecule has 1 rings (SSSR count). The van der Waals surface area contributed by atoms with E-state index < -0.39 is 0 Å². The molecular formula is C10H17N3O. The van der Waals surface area contributed by atoms with Gasteiger partial charge in [-0.2, -0.15) is 0 Å². The second-order valence-corrected chi connectivity index (χ2v) is 3.14. The zero-order valence-electron chi connectivity index (χ0n) is 8.82. The second-order valence-electron chi connectivity index (χ2n) is 3.14. The Kier molecular flexibility index (Phi) is 6.11. The van der Waals surface area contributed by atoms with E-state index in [-0.39, 0.29) is 6.04 Å². The first kappa shape index (κ1) is 12.4. The fourth-order valence-corrected chi connectivity index (χ4v) is 0.659. The van der Waals surface area contributed by atoms with E-state index in [2.05, 4.69) is 5.32 Å². The lowest BCUT2D eigenvalue weighted by molar-refractivity contribution is -0.109. The Hall–Kier alpha value is -1.58. The van der Waals surface area contributed by atoms with Gasteiger partial charge >= 0.3 is 0 Å². The third-order valence-corrected chi connectivity index (χ3v) is 1.46. The molecule has 1 amide bonds. The van der Waals surface area contributed by atoms with Gasteiger partial charge in [-0.3, -0.25) is 10.2 Å². The van der Waals surface area contributed by atoms with Gasteiger partial charge in [0, 0.05) is 19.3 Å². The molecule has 0 spiro atoms. The smallest absolute Gasteiger partial charge is 0.207 e. The summed E-state index contributed by atoms with van der Waals surface area (Å²) in [4.78, 5) is 9.50. The quantitative estimate of drug-likeness (QED) is 0.669. The molecule has 1 aromatic rings. The molecular weight excluding hydrogens is 178 g/mol. The van der Waals surface area contributed by atoms with Gasteiger partial charge < -0.3 is 9.88 Å². The third kappa shape index (κ3) is 5.99. The number of rotatable bonds is 2. The molecule has 78 valence electrons. The third-order valence-electron chi connectivity index (χ3n) is 1.46. The molecule has 0 bridgehead atoms. The molecule has 0 aromatic carbocycles. The Morgan fingerprint density at radius 1 is 1.50 bits per heavy atom. The van der Waals surface area contributed by atoms with Gasteiger partial charge in [0.1, 0.15) is 5.49 Å². The molecule has 14 heavy (non-hydrogen) atoms. The van der Waals surface area contributed by atoms with Crippen molar-refractivity contribution < 1.29 is 4.79 Å². The van der Waals surface area contributed by atoms with Gasteiger partial charge in [0.15, 0.2) is 0 Å². The van der Waals surface area contributed by atoms with Crippen molar-refractivity contribution in [3.63, 3.8) is 0 Å². The molecule has 0 aliphatic heterocycles. The Morgan fingerprint density at radius 3 is 2.36 bits per heavy atom. The van der Waals surface area contributed by atoms with E-state index >= 15 is 0 Å². The van der Waals surface area contributed by atoms with Crippen molar-refractivity contribution in [3.8, 4) is 0 Å². The largest absolute Gasteiger partial charge is 0.357 e. The van der Waals surface area contributed by atoms with Crippen LogP contribution in [0.5, 0.6) is 0 Å². The minimum Gasteiger partial charge on any atom is -0.357 e. The molecule has 4 nitrogen and oxygen atoms in total. The van der Waals surface area contributed by atoms with E-state index in [1.807, 2.05) is 39.2 Å². The van der Waals surface area contributed by atoms with Gasteiger partial charge in [-0.15, -0.1) is 0 Å².